The first-order valence-electron chi connectivity index (χ1n) is 10.3. The average Bonchev–Trinajstić information content (AvgIpc) is 2.80. The van der Waals surface area contributed by atoms with Crippen LogP contribution in [-0.2, 0) is 18.4 Å². The van der Waals surface area contributed by atoms with Gasteiger partial charge in [-0.15, -0.1) is 0 Å². The van der Waals surface area contributed by atoms with Crippen molar-refractivity contribution in [3.63, 3.8) is 0 Å². The Morgan fingerprint density at radius 3 is 2.90 bits per heavy atom. The summed E-state index contributed by atoms with van der Waals surface area (Å²) in [4.78, 5) is 32.4. The smallest absolute Gasteiger partial charge is 0.293 e. The number of rotatable bonds is 5. The molecule has 3 aromatic rings. The number of nitrogens with one attached hydrogen (secondary N) is 1. The second-order valence-electron chi connectivity index (χ2n) is 7.75. The Bertz CT molecular complexity index is 1180. The van der Waals surface area contributed by atoms with Crippen LogP contribution >= 0.6 is 15.9 Å². The first-order chi connectivity index (χ1) is 15.0. The summed E-state index contributed by atoms with van der Waals surface area (Å²) in [5.74, 6) is 0.916. The highest BCUT2D eigenvalue weighted by Crippen LogP contribution is 2.24. The lowest BCUT2D eigenvalue weighted by molar-refractivity contribution is -0.125. The van der Waals surface area contributed by atoms with E-state index in [2.05, 4.69) is 26.2 Å². The van der Waals surface area contributed by atoms with Crippen LogP contribution in [-0.4, -0.2) is 35.7 Å². The first kappa shape index (κ1) is 21.4. The fourth-order valence-electron chi connectivity index (χ4n) is 4.07. The number of ether oxygens (including phenoxy) is 1. The maximum absolute atomic E-state index is 12.9. The molecule has 0 bridgehead atoms. The third-order valence-corrected chi connectivity index (χ3v) is 6.25. The summed E-state index contributed by atoms with van der Waals surface area (Å²) >= 11 is 3.46. The zero-order chi connectivity index (χ0) is 22.0. The standard InChI is InChI=1S/C23H25BrN4O3/c1-27-19-8-4-3-7-18(19)26-21(23(27)30)28-11-5-6-15(14-28)22(29)25-13-16-12-17(24)9-10-20(16)31-2/h3-4,7-10,12,15H,5-6,11,13-14H2,1-2H3,(H,25,29)/t15-/m0/s1. The van der Waals surface area contributed by atoms with Crippen LogP contribution in [0.25, 0.3) is 11.0 Å². The van der Waals surface area contributed by atoms with Crippen molar-refractivity contribution in [2.75, 3.05) is 25.1 Å². The van der Waals surface area contributed by atoms with Gasteiger partial charge in [-0.05, 0) is 43.2 Å². The highest BCUT2D eigenvalue weighted by Gasteiger charge is 2.28. The molecule has 1 aromatic heterocycles. The van der Waals surface area contributed by atoms with Crippen LogP contribution in [0.4, 0.5) is 5.82 Å². The van der Waals surface area contributed by atoms with Crippen LogP contribution < -0.4 is 20.5 Å². The SMILES string of the molecule is COc1ccc(Br)cc1CNC(=O)[C@H]1CCCN(c2nc3ccccc3n(C)c2=O)C1. The number of hydrogen-bond acceptors (Lipinski definition) is 5. The van der Waals surface area contributed by atoms with Gasteiger partial charge in [0.05, 0.1) is 24.1 Å². The van der Waals surface area contributed by atoms with Crippen molar-refractivity contribution in [3.05, 3.63) is 62.9 Å². The number of anilines is 1. The van der Waals surface area contributed by atoms with E-state index in [1.807, 2.05) is 47.4 Å². The first-order valence-corrected chi connectivity index (χ1v) is 11.1. The number of nitrogens with zero attached hydrogens (tertiary/aromatic N) is 3. The number of aromatic nitrogens is 2. The van der Waals surface area contributed by atoms with E-state index in [0.717, 1.165) is 39.7 Å². The number of hydrogen-bond donors (Lipinski definition) is 1. The van der Waals surface area contributed by atoms with Crippen LogP contribution in [0.1, 0.15) is 18.4 Å². The molecule has 2 heterocycles. The number of aryl methyl sites for hydroxylation is 1. The van der Waals surface area contributed by atoms with Crippen molar-refractivity contribution in [1.82, 2.24) is 14.9 Å². The van der Waals surface area contributed by atoms with Crippen LogP contribution in [0, 0.1) is 5.92 Å². The van der Waals surface area contributed by atoms with E-state index in [0.29, 0.717) is 25.5 Å². The minimum atomic E-state index is -0.204. The molecule has 1 aliphatic rings. The third-order valence-electron chi connectivity index (χ3n) is 5.75. The van der Waals surface area contributed by atoms with E-state index in [-0.39, 0.29) is 17.4 Å². The molecule has 1 aliphatic heterocycles. The number of piperidine rings is 1. The summed E-state index contributed by atoms with van der Waals surface area (Å²) in [7, 11) is 3.38. The quantitative estimate of drug-likeness (QED) is 0.601. The van der Waals surface area contributed by atoms with Crippen LogP contribution in [0.3, 0.4) is 0 Å². The van der Waals surface area contributed by atoms with Gasteiger partial charge in [-0.3, -0.25) is 9.59 Å². The summed E-state index contributed by atoms with van der Waals surface area (Å²) in [5, 5.41) is 3.03. The lowest BCUT2D eigenvalue weighted by Gasteiger charge is -2.32. The highest BCUT2D eigenvalue weighted by molar-refractivity contribution is 9.10. The van der Waals surface area contributed by atoms with Crippen LogP contribution in [0.5, 0.6) is 5.75 Å². The molecule has 1 amide bonds. The topological polar surface area (TPSA) is 76.5 Å². The number of halogens is 1. The van der Waals surface area contributed by atoms with E-state index in [1.54, 1.807) is 18.7 Å². The molecule has 1 atom stereocenters. The molecular weight excluding hydrogens is 460 g/mol. The van der Waals surface area contributed by atoms with Gasteiger partial charge in [0.1, 0.15) is 5.75 Å². The van der Waals surface area contributed by atoms with E-state index >= 15 is 0 Å². The maximum Gasteiger partial charge on any atom is 0.293 e. The summed E-state index contributed by atoms with van der Waals surface area (Å²) in [6.45, 7) is 1.57. The van der Waals surface area contributed by atoms with Crippen molar-refractivity contribution in [2.24, 2.45) is 13.0 Å². The van der Waals surface area contributed by atoms with Gasteiger partial charge < -0.3 is 19.5 Å². The Morgan fingerprint density at radius 2 is 2.10 bits per heavy atom. The zero-order valence-corrected chi connectivity index (χ0v) is 19.2. The van der Waals surface area contributed by atoms with Gasteiger partial charge in [0.15, 0.2) is 5.82 Å². The van der Waals surface area contributed by atoms with Gasteiger partial charge >= 0.3 is 0 Å². The number of benzene rings is 2. The Balaban J connectivity index is 1.50. The van der Waals surface area contributed by atoms with E-state index in [9.17, 15) is 9.59 Å². The third kappa shape index (κ3) is 4.44. The Morgan fingerprint density at radius 1 is 1.29 bits per heavy atom. The molecule has 0 aliphatic carbocycles. The molecule has 1 fully saturated rings. The highest BCUT2D eigenvalue weighted by atomic mass is 79.9. The number of fused-ring (bicyclic) bond motifs is 1. The van der Waals surface area contributed by atoms with Crippen molar-refractivity contribution >= 4 is 38.7 Å². The van der Waals surface area contributed by atoms with Crippen LogP contribution in [0.15, 0.2) is 51.7 Å². The van der Waals surface area contributed by atoms with Gasteiger partial charge in [-0.2, -0.15) is 0 Å². The molecule has 7 nitrogen and oxygen atoms in total. The zero-order valence-electron chi connectivity index (χ0n) is 17.6. The second kappa shape index (κ2) is 9.09. The largest absolute Gasteiger partial charge is 0.496 e. The van der Waals surface area contributed by atoms with Gasteiger partial charge in [-0.25, -0.2) is 4.98 Å². The normalized spacial score (nSPS) is 16.4. The number of carbonyl (C=O) groups excluding carboxylic acids is 1. The van der Waals surface area contributed by atoms with Crippen molar-refractivity contribution in [3.8, 4) is 5.75 Å². The number of carbonyl (C=O) groups is 1. The molecular formula is C23H25BrN4O3. The fraction of sp³-hybridized carbons (Fsp3) is 0.348. The second-order valence-corrected chi connectivity index (χ2v) is 8.66. The molecule has 4 rings (SSSR count). The molecule has 0 radical (unpaired) electrons. The Hall–Kier alpha value is -2.87. The summed E-state index contributed by atoms with van der Waals surface area (Å²) in [6, 6.07) is 13.3. The van der Waals surface area contributed by atoms with E-state index < -0.39 is 0 Å². The Kier molecular flexibility index (Phi) is 6.27. The van der Waals surface area contributed by atoms with Gasteiger partial charge in [0.2, 0.25) is 5.91 Å². The summed E-state index contributed by atoms with van der Waals surface area (Å²) < 4.78 is 7.94. The van der Waals surface area contributed by atoms with Crippen molar-refractivity contribution < 1.29 is 9.53 Å². The van der Waals surface area contributed by atoms with Gasteiger partial charge in [0.25, 0.3) is 5.56 Å². The molecule has 1 saturated heterocycles. The minimum Gasteiger partial charge on any atom is -0.496 e. The van der Waals surface area contributed by atoms with E-state index in [4.69, 9.17) is 4.74 Å². The maximum atomic E-state index is 12.9. The average molecular weight is 485 g/mol. The van der Waals surface area contributed by atoms with Crippen molar-refractivity contribution in [1.29, 1.82) is 0 Å². The predicted molar refractivity (Wildman–Crippen MR) is 124 cm³/mol. The minimum absolute atomic E-state index is 0.0238. The van der Waals surface area contributed by atoms with Gasteiger partial charge in [-0.1, -0.05) is 28.1 Å². The summed E-state index contributed by atoms with van der Waals surface area (Å²) in [5.41, 5.74) is 2.33. The van der Waals surface area contributed by atoms with Gasteiger partial charge in [0, 0.05) is 36.7 Å². The Labute approximate surface area is 189 Å². The molecule has 8 heteroatoms. The number of methoxy groups -OCH3 is 1. The molecule has 31 heavy (non-hydrogen) atoms. The molecule has 2 aromatic carbocycles. The van der Waals surface area contributed by atoms with Crippen LogP contribution in [0.2, 0.25) is 0 Å². The molecule has 0 spiro atoms. The monoisotopic (exact) mass is 484 g/mol. The summed E-state index contributed by atoms with van der Waals surface area (Å²) in [6.07, 6.45) is 1.61. The molecule has 162 valence electrons. The predicted octanol–water partition coefficient (Wildman–Crippen LogP) is 3.24. The van der Waals surface area contributed by atoms with E-state index in [1.165, 1.54) is 0 Å². The number of para-hydroxylation sites is 2. The molecule has 0 saturated carbocycles. The molecule has 0 unspecified atom stereocenters. The lowest BCUT2D eigenvalue weighted by Crippen LogP contribution is -2.45. The van der Waals surface area contributed by atoms with Crippen molar-refractivity contribution in [2.45, 2.75) is 19.4 Å². The lowest BCUT2D eigenvalue weighted by atomic mass is 9.97. The number of amides is 1. The molecule has 1 N–H and O–H groups in total. The fourth-order valence-corrected chi connectivity index (χ4v) is 4.47.